The summed E-state index contributed by atoms with van der Waals surface area (Å²) in [6.45, 7) is 0. The van der Waals surface area contributed by atoms with Gasteiger partial charge in [-0.25, -0.2) is 0 Å². The Balaban J connectivity index is 1.94. The zero-order valence-corrected chi connectivity index (χ0v) is 13.7. The van der Waals surface area contributed by atoms with Crippen molar-refractivity contribution >= 4 is 39.1 Å². The van der Waals surface area contributed by atoms with Crippen molar-refractivity contribution in [2.75, 3.05) is 5.32 Å². The Kier molecular flexibility index (Phi) is 4.27. The highest BCUT2D eigenvalue weighted by atomic mass is 79.9. The number of hydrogen-bond acceptors (Lipinski definition) is 2. The molecule has 4 nitrogen and oxygen atoms in total. The van der Waals surface area contributed by atoms with Gasteiger partial charge in [0, 0.05) is 34.3 Å². The van der Waals surface area contributed by atoms with E-state index in [0.717, 1.165) is 10.2 Å². The van der Waals surface area contributed by atoms with Crippen LogP contribution in [-0.4, -0.2) is 15.5 Å². The maximum absolute atomic E-state index is 12.4. The molecule has 1 amide bonds. The Morgan fingerprint density at radius 3 is 2.68 bits per heavy atom. The van der Waals surface area contributed by atoms with Crippen LogP contribution in [0.5, 0.6) is 0 Å². The molecule has 0 saturated heterocycles. The van der Waals surface area contributed by atoms with Gasteiger partial charge in [-0.05, 0) is 52.3 Å². The van der Waals surface area contributed by atoms with E-state index in [1.807, 2.05) is 29.1 Å². The monoisotopic (exact) mass is 375 g/mol. The number of nitrogens with one attached hydrogen (secondary N) is 1. The molecule has 3 aromatic rings. The molecule has 3 rings (SSSR count). The van der Waals surface area contributed by atoms with Gasteiger partial charge < -0.3 is 9.88 Å². The van der Waals surface area contributed by atoms with Crippen molar-refractivity contribution in [3.63, 3.8) is 0 Å². The van der Waals surface area contributed by atoms with E-state index >= 15 is 0 Å². The van der Waals surface area contributed by atoms with Gasteiger partial charge in [-0.15, -0.1) is 0 Å². The Bertz CT molecular complexity index is 818. The summed E-state index contributed by atoms with van der Waals surface area (Å²) in [6, 6.07) is 10.9. The van der Waals surface area contributed by atoms with Crippen LogP contribution in [0.3, 0.4) is 0 Å². The third-order valence-corrected chi connectivity index (χ3v) is 3.73. The van der Waals surface area contributed by atoms with Crippen LogP contribution < -0.4 is 5.32 Å². The van der Waals surface area contributed by atoms with Gasteiger partial charge in [-0.2, -0.15) is 0 Å². The quantitative estimate of drug-likeness (QED) is 0.729. The van der Waals surface area contributed by atoms with Crippen LogP contribution in [0, 0.1) is 0 Å². The second-order valence-corrected chi connectivity index (χ2v) is 5.95. The average molecular weight is 377 g/mol. The van der Waals surface area contributed by atoms with Crippen molar-refractivity contribution < 1.29 is 4.79 Å². The SMILES string of the molecule is O=C(Nc1ccc(Cl)cc1-n1cccc1)c1cncc(Br)c1. The number of nitrogens with zero attached hydrogens (tertiary/aromatic N) is 2. The van der Waals surface area contributed by atoms with Gasteiger partial charge in [0.1, 0.15) is 0 Å². The van der Waals surface area contributed by atoms with E-state index in [1.165, 1.54) is 6.20 Å². The minimum absolute atomic E-state index is 0.232. The molecule has 0 saturated carbocycles. The lowest BCUT2D eigenvalue weighted by Gasteiger charge is -2.12. The fourth-order valence-electron chi connectivity index (χ4n) is 2.05. The Labute approximate surface area is 140 Å². The summed E-state index contributed by atoms with van der Waals surface area (Å²) in [5, 5.41) is 3.49. The lowest BCUT2D eigenvalue weighted by atomic mass is 10.2. The van der Waals surface area contributed by atoms with E-state index in [9.17, 15) is 4.79 Å². The van der Waals surface area contributed by atoms with Crippen LogP contribution in [0.4, 0.5) is 5.69 Å². The smallest absolute Gasteiger partial charge is 0.257 e. The van der Waals surface area contributed by atoms with Gasteiger partial charge >= 0.3 is 0 Å². The van der Waals surface area contributed by atoms with Crippen LogP contribution >= 0.6 is 27.5 Å². The number of carbonyl (C=O) groups excluding carboxylic acids is 1. The lowest BCUT2D eigenvalue weighted by molar-refractivity contribution is 0.102. The number of carbonyl (C=O) groups is 1. The molecular weight excluding hydrogens is 366 g/mol. The molecule has 1 N–H and O–H groups in total. The molecular formula is C16H11BrClN3O. The molecule has 2 heterocycles. The minimum Gasteiger partial charge on any atom is -0.322 e. The molecule has 0 aliphatic rings. The predicted molar refractivity (Wildman–Crippen MR) is 90.7 cm³/mol. The molecule has 0 atom stereocenters. The zero-order chi connectivity index (χ0) is 15.5. The summed E-state index contributed by atoms with van der Waals surface area (Å²) in [5.41, 5.74) is 1.95. The summed E-state index contributed by atoms with van der Waals surface area (Å²) < 4.78 is 2.64. The minimum atomic E-state index is -0.232. The second kappa shape index (κ2) is 6.34. The number of hydrogen-bond donors (Lipinski definition) is 1. The van der Waals surface area contributed by atoms with Crippen LogP contribution in [0.15, 0.2) is 65.7 Å². The fourth-order valence-corrected chi connectivity index (χ4v) is 2.58. The Morgan fingerprint density at radius 1 is 1.18 bits per heavy atom. The number of halogens is 2. The first-order valence-corrected chi connectivity index (χ1v) is 7.65. The molecule has 1 aromatic carbocycles. The summed E-state index contributed by atoms with van der Waals surface area (Å²) in [4.78, 5) is 16.4. The van der Waals surface area contributed by atoms with Gasteiger partial charge in [0.15, 0.2) is 0 Å². The molecule has 0 unspecified atom stereocenters. The summed E-state index contributed by atoms with van der Waals surface area (Å²) in [7, 11) is 0. The highest BCUT2D eigenvalue weighted by Crippen LogP contribution is 2.25. The first kappa shape index (κ1) is 14.8. The van der Waals surface area contributed by atoms with Crippen LogP contribution in [0.25, 0.3) is 5.69 Å². The number of pyridine rings is 1. The van der Waals surface area contributed by atoms with Gasteiger partial charge in [0.05, 0.1) is 16.9 Å². The third-order valence-electron chi connectivity index (χ3n) is 3.06. The van der Waals surface area contributed by atoms with E-state index in [4.69, 9.17) is 11.6 Å². The average Bonchev–Trinajstić information content (AvgIpc) is 3.03. The molecule has 0 aliphatic carbocycles. The molecule has 0 spiro atoms. The molecule has 2 aromatic heterocycles. The van der Waals surface area contributed by atoms with E-state index in [0.29, 0.717) is 16.3 Å². The predicted octanol–water partition coefficient (Wildman–Crippen LogP) is 4.54. The topological polar surface area (TPSA) is 46.9 Å². The zero-order valence-electron chi connectivity index (χ0n) is 11.3. The van der Waals surface area contributed by atoms with Crippen molar-refractivity contribution in [3.05, 3.63) is 76.2 Å². The van der Waals surface area contributed by atoms with E-state index in [2.05, 4.69) is 26.2 Å². The van der Waals surface area contributed by atoms with Crippen molar-refractivity contribution in [1.82, 2.24) is 9.55 Å². The van der Waals surface area contributed by atoms with Crippen LogP contribution in [0.2, 0.25) is 5.02 Å². The maximum atomic E-state index is 12.4. The van der Waals surface area contributed by atoms with Crippen molar-refractivity contribution in [2.24, 2.45) is 0 Å². The molecule has 0 bridgehead atoms. The highest BCUT2D eigenvalue weighted by molar-refractivity contribution is 9.10. The van der Waals surface area contributed by atoms with E-state index in [1.54, 1.807) is 30.5 Å². The second-order valence-electron chi connectivity index (χ2n) is 4.60. The van der Waals surface area contributed by atoms with E-state index < -0.39 is 0 Å². The van der Waals surface area contributed by atoms with Gasteiger partial charge in [-0.1, -0.05) is 11.6 Å². The summed E-state index contributed by atoms with van der Waals surface area (Å²) >= 11 is 9.37. The number of aromatic nitrogens is 2. The van der Waals surface area contributed by atoms with Crippen molar-refractivity contribution in [2.45, 2.75) is 0 Å². The highest BCUT2D eigenvalue weighted by Gasteiger charge is 2.11. The first-order valence-electron chi connectivity index (χ1n) is 6.48. The molecule has 6 heteroatoms. The maximum Gasteiger partial charge on any atom is 0.257 e. The number of amides is 1. The van der Waals surface area contributed by atoms with E-state index in [-0.39, 0.29) is 5.91 Å². The Hall–Kier alpha value is -2.11. The summed E-state index contributed by atoms with van der Waals surface area (Å²) in [6.07, 6.45) is 6.93. The molecule has 0 aliphatic heterocycles. The molecule has 0 fully saturated rings. The molecule has 22 heavy (non-hydrogen) atoms. The third kappa shape index (κ3) is 3.21. The van der Waals surface area contributed by atoms with Gasteiger partial charge in [0.2, 0.25) is 0 Å². The lowest BCUT2D eigenvalue weighted by Crippen LogP contribution is -2.14. The molecule has 0 radical (unpaired) electrons. The van der Waals surface area contributed by atoms with Crippen molar-refractivity contribution in [3.8, 4) is 5.69 Å². The summed E-state index contributed by atoms with van der Waals surface area (Å²) in [5.74, 6) is -0.232. The first-order chi connectivity index (χ1) is 10.6. The Morgan fingerprint density at radius 2 is 1.95 bits per heavy atom. The number of anilines is 1. The fraction of sp³-hybridized carbons (Fsp3) is 0. The number of rotatable bonds is 3. The van der Waals surface area contributed by atoms with Crippen molar-refractivity contribution in [1.29, 1.82) is 0 Å². The van der Waals surface area contributed by atoms with Crippen LogP contribution in [-0.2, 0) is 0 Å². The van der Waals surface area contributed by atoms with Crippen LogP contribution in [0.1, 0.15) is 10.4 Å². The number of benzene rings is 1. The standard InChI is InChI=1S/C16H11BrClN3O/c17-12-7-11(9-19-10-12)16(22)20-14-4-3-13(18)8-15(14)21-5-1-2-6-21/h1-10H,(H,20,22). The normalized spacial score (nSPS) is 10.5. The van der Waals surface area contributed by atoms with Gasteiger partial charge in [-0.3, -0.25) is 9.78 Å². The largest absolute Gasteiger partial charge is 0.322 e. The van der Waals surface area contributed by atoms with Gasteiger partial charge in [0.25, 0.3) is 5.91 Å². The molecule has 110 valence electrons.